The minimum absolute atomic E-state index is 0.127. The summed E-state index contributed by atoms with van der Waals surface area (Å²) >= 11 is 0. The lowest BCUT2D eigenvalue weighted by Gasteiger charge is -2.21. The largest absolute Gasteiger partial charge is 0.476 e. The van der Waals surface area contributed by atoms with E-state index in [2.05, 4.69) is 15.3 Å². The Balaban J connectivity index is 2.02. The second-order valence-electron chi connectivity index (χ2n) is 5.30. The molecule has 6 heteroatoms. The van der Waals surface area contributed by atoms with Crippen LogP contribution in [0.3, 0.4) is 0 Å². The molecule has 1 aliphatic heterocycles. The first-order valence-electron chi connectivity index (χ1n) is 7.16. The Bertz CT molecular complexity index is 529. The Morgan fingerprint density at radius 2 is 2.30 bits per heavy atom. The lowest BCUT2D eigenvalue weighted by molar-refractivity contribution is 0.0393. The van der Waals surface area contributed by atoms with E-state index in [9.17, 15) is 9.90 Å². The van der Waals surface area contributed by atoms with E-state index in [0.29, 0.717) is 24.9 Å². The van der Waals surface area contributed by atoms with E-state index in [1.165, 1.54) is 0 Å². The molecule has 2 heterocycles. The Labute approximate surface area is 117 Å². The number of hydrogen-bond donors (Lipinski definition) is 2. The van der Waals surface area contributed by atoms with Gasteiger partial charge in [0.1, 0.15) is 6.10 Å². The van der Waals surface area contributed by atoms with E-state index in [-0.39, 0.29) is 11.8 Å². The molecule has 1 atom stereocenters. The summed E-state index contributed by atoms with van der Waals surface area (Å²) < 4.78 is 5.74. The molecular formula is C14H19N3O3. The van der Waals surface area contributed by atoms with E-state index in [1.54, 1.807) is 0 Å². The summed E-state index contributed by atoms with van der Waals surface area (Å²) in [7, 11) is 0. The van der Waals surface area contributed by atoms with Gasteiger partial charge < -0.3 is 15.2 Å². The Morgan fingerprint density at radius 3 is 2.95 bits per heavy atom. The maximum atomic E-state index is 11.4. The average Bonchev–Trinajstić information content (AvgIpc) is 3.28. The number of aromatic nitrogens is 2. The lowest BCUT2D eigenvalue weighted by Crippen LogP contribution is -2.29. The second kappa shape index (κ2) is 5.46. The number of nitrogens with one attached hydrogen (secondary N) is 1. The third kappa shape index (κ3) is 2.53. The molecule has 0 aromatic carbocycles. The molecule has 20 heavy (non-hydrogen) atoms. The highest BCUT2D eigenvalue weighted by Crippen LogP contribution is 2.42. The molecule has 1 aromatic heterocycles. The maximum Gasteiger partial charge on any atom is 0.354 e. The first kappa shape index (κ1) is 13.5. The van der Waals surface area contributed by atoms with Gasteiger partial charge in [-0.1, -0.05) is 0 Å². The van der Waals surface area contributed by atoms with Crippen LogP contribution in [-0.2, 0) is 17.7 Å². The van der Waals surface area contributed by atoms with E-state index < -0.39 is 5.97 Å². The summed E-state index contributed by atoms with van der Waals surface area (Å²) in [6.07, 6.45) is 2.80. The predicted molar refractivity (Wildman–Crippen MR) is 71.5 cm³/mol. The molecule has 2 N–H and O–H groups in total. The van der Waals surface area contributed by atoms with Crippen LogP contribution in [0, 0.1) is 5.92 Å². The van der Waals surface area contributed by atoms with Crippen molar-refractivity contribution in [1.82, 2.24) is 15.3 Å². The van der Waals surface area contributed by atoms with Gasteiger partial charge in [-0.3, -0.25) is 0 Å². The average molecular weight is 277 g/mol. The first-order valence-corrected chi connectivity index (χ1v) is 7.16. The summed E-state index contributed by atoms with van der Waals surface area (Å²) in [6, 6.07) is 0. The van der Waals surface area contributed by atoms with Crippen LogP contribution in [-0.4, -0.2) is 34.2 Å². The van der Waals surface area contributed by atoms with Crippen LogP contribution >= 0.6 is 0 Å². The highest BCUT2D eigenvalue weighted by molar-refractivity contribution is 5.87. The SMILES string of the molecule is CCOC(c1nc2c(c(C(=O)O)n1)CNCC2)C1CC1. The standard InChI is InChI=1S/C14H19N3O3/c1-2-20-12(8-3-4-8)13-16-10-5-6-15-7-9(10)11(17-13)14(18)19/h8,12,15H,2-7H2,1H3,(H,18,19). The highest BCUT2D eigenvalue weighted by Gasteiger charge is 2.36. The van der Waals surface area contributed by atoms with Crippen molar-refractivity contribution in [1.29, 1.82) is 0 Å². The van der Waals surface area contributed by atoms with Crippen LogP contribution in [0.25, 0.3) is 0 Å². The summed E-state index contributed by atoms with van der Waals surface area (Å²) in [4.78, 5) is 20.3. The van der Waals surface area contributed by atoms with Crippen molar-refractivity contribution >= 4 is 5.97 Å². The van der Waals surface area contributed by atoms with Crippen molar-refractivity contribution < 1.29 is 14.6 Å². The van der Waals surface area contributed by atoms with Crippen molar-refractivity contribution in [2.24, 2.45) is 5.92 Å². The smallest absolute Gasteiger partial charge is 0.354 e. The van der Waals surface area contributed by atoms with Crippen molar-refractivity contribution in [3.63, 3.8) is 0 Å². The number of carboxylic acid groups (broad SMARTS) is 1. The maximum absolute atomic E-state index is 11.4. The zero-order valence-electron chi connectivity index (χ0n) is 11.6. The predicted octanol–water partition coefficient (Wildman–Crippen LogP) is 1.31. The number of nitrogens with zero attached hydrogens (tertiary/aromatic N) is 2. The number of carbonyl (C=O) groups is 1. The fourth-order valence-corrected chi connectivity index (χ4v) is 2.67. The molecule has 1 aromatic rings. The Morgan fingerprint density at radius 1 is 1.50 bits per heavy atom. The normalized spacial score (nSPS) is 19.4. The molecule has 3 rings (SSSR count). The van der Waals surface area contributed by atoms with Gasteiger partial charge in [-0.2, -0.15) is 0 Å². The summed E-state index contributed by atoms with van der Waals surface area (Å²) in [5.41, 5.74) is 1.71. The molecular weight excluding hydrogens is 258 g/mol. The number of carboxylic acids is 1. The third-order valence-corrected chi connectivity index (χ3v) is 3.80. The van der Waals surface area contributed by atoms with Crippen molar-refractivity contribution in [2.45, 2.75) is 38.8 Å². The Kier molecular flexibility index (Phi) is 3.67. The Hall–Kier alpha value is -1.53. The van der Waals surface area contributed by atoms with E-state index >= 15 is 0 Å². The zero-order valence-corrected chi connectivity index (χ0v) is 11.6. The van der Waals surface area contributed by atoms with Gasteiger partial charge in [0.05, 0.1) is 5.69 Å². The molecule has 6 nitrogen and oxygen atoms in total. The summed E-state index contributed by atoms with van der Waals surface area (Å²) in [5, 5.41) is 12.5. The van der Waals surface area contributed by atoms with Gasteiger partial charge in [-0.25, -0.2) is 14.8 Å². The van der Waals surface area contributed by atoms with Crippen LogP contribution in [0.1, 0.15) is 53.4 Å². The molecule has 0 spiro atoms. The number of fused-ring (bicyclic) bond motifs is 1. The molecule has 0 bridgehead atoms. The van der Waals surface area contributed by atoms with E-state index in [1.807, 2.05) is 6.92 Å². The van der Waals surface area contributed by atoms with Gasteiger partial charge in [-0.15, -0.1) is 0 Å². The van der Waals surface area contributed by atoms with Crippen LogP contribution in [0.15, 0.2) is 0 Å². The molecule has 1 fully saturated rings. The van der Waals surface area contributed by atoms with Gasteiger partial charge in [0.15, 0.2) is 11.5 Å². The van der Waals surface area contributed by atoms with Crippen LogP contribution < -0.4 is 5.32 Å². The van der Waals surface area contributed by atoms with Gasteiger partial charge in [0.2, 0.25) is 0 Å². The summed E-state index contributed by atoms with van der Waals surface area (Å²) in [6.45, 7) is 3.88. The topological polar surface area (TPSA) is 84.3 Å². The molecule has 0 saturated heterocycles. The first-order chi connectivity index (χ1) is 9.70. The lowest BCUT2D eigenvalue weighted by atomic mass is 10.0. The van der Waals surface area contributed by atoms with E-state index in [0.717, 1.165) is 37.1 Å². The molecule has 2 aliphatic rings. The van der Waals surface area contributed by atoms with Gasteiger partial charge in [0, 0.05) is 31.7 Å². The number of rotatable bonds is 5. The third-order valence-electron chi connectivity index (χ3n) is 3.80. The van der Waals surface area contributed by atoms with Gasteiger partial charge >= 0.3 is 5.97 Å². The zero-order chi connectivity index (χ0) is 14.1. The quantitative estimate of drug-likeness (QED) is 0.844. The number of hydrogen-bond acceptors (Lipinski definition) is 5. The fourth-order valence-electron chi connectivity index (χ4n) is 2.67. The van der Waals surface area contributed by atoms with Crippen LogP contribution in [0.2, 0.25) is 0 Å². The molecule has 1 saturated carbocycles. The van der Waals surface area contributed by atoms with Crippen molar-refractivity contribution in [3.05, 3.63) is 22.8 Å². The highest BCUT2D eigenvalue weighted by atomic mass is 16.5. The minimum atomic E-state index is -0.986. The molecule has 1 aliphatic carbocycles. The second-order valence-corrected chi connectivity index (χ2v) is 5.30. The fraction of sp³-hybridized carbons (Fsp3) is 0.643. The molecule has 1 unspecified atom stereocenters. The van der Waals surface area contributed by atoms with Crippen molar-refractivity contribution in [3.8, 4) is 0 Å². The number of aromatic carboxylic acids is 1. The molecule has 0 radical (unpaired) electrons. The minimum Gasteiger partial charge on any atom is -0.476 e. The van der Waals surface area contributed by atoms with Crippen LogP contribution in [0.4, 0.5) is 0 Å². The van der Waals surface area contributed by atoms with Crippen molar-refractivity contribution in [2.75, 3.05) is 13.2 Å². The van der Waals surface area contributed by atoms with Gasteiger partial charge in [0.25, 0.3) is 0 Å². The number of ether oxygens (including phenoxy) is 1. The van der Waals surface area contributed by atoms with E-state index in [4.69, 9.17) is 4.74 Å². The van der Waals surface area contributed by atoms with Gasteiger partial charge in [-0.05, 0) is 25.7 Å². The monoisotopic (exact) mass is 277 g/mol. The molecule has 0 amide bonds. The molecule has 108 valence electrons. The van der Waals surface area contributed by atoms with Crippen LogP contribution in [0.5, 0.6) is 0 Å². The summed E-state index contributed by atoms with van der Waals surface area (Å²) in [5.74, 6) is 0.00315.